The molecule has 0 aliphatic heterocycles. The fraction of sp³-hybridized carbons (Fsp3) is 0. The zero-order chi connectivity index (χ0) is 42.1. The fourth-order valence-electron chi connectivity index (χ4n) is 5.72. The summed E-state index contributed by atoms with van der Waals surface area (Å²) in [5.74, 6) is 0.347. The van der Waals surface area contributed by atoms with Gasteiger partial charge in [-0.15, -0.1) is 0 Å². The molecule has 2 aromatic heterocycles. The SMILES string of the molecule is [2H]c1c([2H])c([2H])c(-c2c([2H])c([2H])c([2H])c3c2oc2c([2H])c([2H])c(-c4nc(-c5ccccc5)nc(-c5ccc(-c6ccc(-c7ccccc7)cc6)cc5)n4)c([2H])c23)c([2H])c1[2H]. The standard InChI is InChI=1S/C45H29N3O/c1-4-11-30(12-5-1)31-19-21-32(22-20-31)33-23-25-36(26-24-33)44-46-43(35-15-8-3-9-16-35)47-45(48-44)37-27-28-41-40(29-37)39-18-10-17-38(42(39)49-41)34-13-6-2-7-14-34/h1-29H/i2D,6D,7D,10D,13D,14D,17D,18D,27D,28D,29D. The molecule has 0 aliphatic carbocycles. The highest BCUT2D eigenvalue weighted by atomic mass is 16.3. The van der Waals surface area contributed by atoms with Crippen molar-refractivity contribution in [3.63, 3.8) is 0 Å². The Morgan fingerprint density at radius 3 is 1.51 bits per heavy atom. The number of benzene rings is 7. The summed E-state index contributed by atoms with van der Waals surface area (Å²) < 4.78 is 102. The van der Waals surface area contributed by atoms with Gasteiger partial charge in [0.1, 0.15) is 11.2 Å². The molecule has 9 aromatic rings. The summed E-state index contributed by atoms with van der Waals surface area (Å²) in [6.07, 6.45) is 0. The molecule has 4 heteroatoms. The topological polar surface area (TPSA) is 51.8 Å². The lowest BCUT2D eigenvalue weighted by Gasteiger charge is -2.09. The van der Waals surface area contributed by atoms with E-state index in [2.05, 4.69) is 36.4 Å². The summed E-state index contributed by atoms with van der Waals surface area (Å²) in [6.45, 7) is 0. The van der Waals surface area contributed by atoms with Gasteiger partial charge in [-0.2, -0.15) is 0 Å². The summed E-state index contributed by atoms with van der Waals surface area (Å²) in [5.41, 5.74) is 3.76. The molecule has 0 saturated heterocycles. The van der Waals surface area contributed by atoms with Crippen LogP contribution in [0.2, 0.25) is 0 Å². The second-order valence-electron chi connectivity index (χ2n) is 11.2. The van der Waals surface area contributed by atoms with Crippen molar-refractivity contribution in [2.45, 2.75) is 0 Å². The minimum absolute atomic E-state index is 0.111. The Kier molecular flexibility index (Phi) is 4.78. The first-order chi connectivity index (χ1) is 28.8. The van der Waals surface area contributed by atoms with Gasteiger partial charge in [0.2, 0.25) is 0 Å². The Hall–Kier alpha value is -6.65. The second-order valence-corrected chi connectivity index (χ2v) is 11.2. The molecule has 230 valence electrons. The van der Waals surface area contributed by atoms with Crippen molar-refractivity contribution >= 4 is 21.9 Å². The van der Waals surface area contributed by atoms with Crippen molar-refractivity contribution in [3.05, 3.63) is 176 Å². The van der Waals surface area contributed by atoms with E-state index < -0.39 is 72.0 Å². The number of nitrogens with zero attached hydrogens (tertiary/aromatic N) is 3. The average molecular weight is 639 g/mol. The monoisotopic (exact) mass is 638 g/mol. The normalized spacial score (nSPS) is 14.4. The molecule has 0 saturated carbocycles. The van der Waals surface area contributed by atoms with Gasteiger partial charge in [-0.25, -0.2) is 15.0 Å². The molecule has 0 aliphatic rings. The Bertz CT molecular complexity index is 3170. The highest BCUT2D eigenvalue weighted by molar-refractivity contribution is 6.10. The second kappa shape index (κ2) is 12.2. The molecule has 9 rings (SSSR count). The Balaban J connectivity index is 1.23. The van der Waals surface area contributed by atoms with Crippen LogP contribution < -0.4 is 0 Å². The van der Waals surface area contributed by atoms with Crippen LogP contribution in [0.25, 0.3) is 89.5 Å². The van der Waals surface area contributed by atoms with E-state index in [1.807, 2.05) is 60.7 Å². The van der Waals surface area contributed by atoms with Crippen molar-refractivity contribution in [2.75, 3.05) is 0 Å². The van der Waals surface area contributed by atoms with Crippen LogP contribution in [0.5, 0.6) is 0 Å². The molecule has 0 bridgehead atoms. The lowest BCUT2D eigenvalue weighted by molar-refractivity contribution is 0.670. The molecule has 4 nitrogen and oxygen atoms in total. The summed E-state index contributed by atoms with van der Waals surface area (Å²) in [4.78, 5) is 14.2. The first-order valence-electron chi connectivity index (χ1n) is 21.0. The molecule has 7 aromatic carbocycles. The number of aromatic nitrogens is 3. The van der Waals surface area contributed by atoms with E-state index in [0.717, 1.165) is 22.3 Å². The minimum Gasteiger partial charge on any atom is -0.455 e. The van der Waals surface area contributed by atoms with E-state index >= 15 is 0 Å². The van der Waals surface area contributed by atoms with Crippen LogP contribution in [0, 0.1) is 0 Å². The maximum Gasteiger partial charge on any atom is 0.164 e. The van der Waals surface area contributed by atoms with Crippen LogP contribution in [0.1, 0.15) is 15.1 Å². The Labute approximate surface area is 299 Å². The van der Waals surface area contributed by atoms with Crippen molar-refractivity contribution in [1.82, 2.24) is 15.0 Å². The van der Waals surface area contributed by atoms with Crippen molar-refractivity contribution in [3.8, 4) is 67.5 Å². The van der Waals surface area contributed by atoms with Gasteiger partial charge in [0.05, 0.1) is 15.1 Å². The summed E-state index contributed by atoms with van der Waals surface area (Å²) in [7, 11) is 0. The maximum absolute atomic E-state index is 9.52. The van der Waals surface area contributed by atoms with Gasteiger partial charge < -0.3 is 4.42 Å². The largest absolute Gasteiger partial charge is 0.455 e. The molecule has 0 radical (unpaired) electrons. The van der Waals surface area contributed by atoms with Gasteiger partial charge in [0.25, 0.3) is 0 Å². The highest BCUT2D eigenvalue weighted by Crippen LogP contribution is 2.37. The lowest BCUT2D eigenvalue weighted by atomic mass is 9.99. The van der Waals surface area contributed by atoms with Crippen LogP contribution in [-0.4, -0.2) is 15.0 Å². The van der Waals surface area contributed by atoms with Crippen LogP contribution in [-0.2, 0) is 0 Å². The number of hydrogen-bond acceptors (Lipinski definition) is 4. The smallest absolute Gasteiger partial charge is 0.164 e. The van der Waals surface area contributed by atoms with E-state index in [9.17, 15) is 1.37 Å². The molecule has 49 heavy (non-hydrogen) atoms. The summed E-state index contributed by atoms with van der Waals surface area (Å²) >= 11 is 0. The van der Waals surface area contributed by atoms with Gasteiger partial charge in [-0.05, 0) is 45.9 Å². The van der Waals surface area contributed by atoms with E-state index in [4.69, 9.17) is 33.1 Å². The Morgan fingerprint density at radius 1 is 0.388 bits per heavy atom. The van der Waals surface area contributed by atoms with Gasteiger partial charge >= 0.3 is 0 Å². The van der Waals surface area contributed by atoms with Gasteiger partial charge in [0, 0.05) is 33.0 Å². The quantitative estimate of drug-likeness (QED) is 0.182. The average Bonchev–Trinajstić information content (AvgIpc) is 3.69. The zero-order valence-electron chi connectivity index (χ0n) is 36.6. The molecule has 0 unspecified atom stereocenters. The number of fused-ring (bicyclic) bond motifs is 3. The third kappa shape index (κ3) is 5.45. The third-order valence-electron chi connectivity index (χ3n) is 8.17. The predicted molar refractivity (Wildman–Crippen MR) is 200 cm³/mol. The van der Waals surface area contributed by atoms with Crippen molar-refractivity contribution in [1.29, 1.82) is 0 Å². The van der Waals surface area contributed by atoms with E-state index in [0.29, 0.717) is 11.1 Å². The van der Waals surface area contributed by atoms with E-state index in [1.54, 1.807) is 12.1 Å². The molecule has 0 spiro atoms. The third-order valence-corrected chi connectivity index (χ3v) is 8.17. The molecule has 0 amide bonds. The number of hydrogen-bond donors (Lipinski definition) is 0. The minimum atomic E-state index is -0.679. The van der Waals surface area contributed by atoms with Crippen molar-refractivity contribution in [2.24, 2.45) is 0 Å². The number of furan rings is 1. The first kappa shape index (κ1) is 19.2. The molecule has 0 N–H and O–H groups in total. The van der Waals surface area contributed by atoms with Crippen LogP contribution in [0.4, 0.5) is 0 Å². The van der Waals surface area contributed by atoms with Crippen molar-refractivity contribution < 1.29 is 19.5 Å². The van der Waals surface area contributed by atoms with Gasteiger partial charge in [-0.3, -0.25) is 0 Å². The molecule has 2 heterocycles. The van der Waals surface area contributed by atoms with Crippen LogP contribution >= 0.6 is 0 Å². The fourth-order valence-corrected chi connectivity index (χ4v) is 5.72. The Morgan fingerprint density at radius 2 is 0.898 bits per heavy atom. The summed E-state index contributed by atoms with van der Waals surface area (Å²) in [5, 5.41) is -0.350. The molecular formula is C45H29N3O. The number of rotatable bonds is 6. The maximum atomic E-state index is 9.52. The molecule has 0 fully saturated rings. The predicted octanol–water partition coefficient (Wildman–Crippen LogP) is 11.8. The highest BCUT2D eigenvalue weighted by Gasteiger charge is 2.16. The zero-order valence-corrected chi connectivity index (χ0v) is 25.6. The molecule has 0 atom stereocenters. The van der Waals surface area contributed by atoms with E-state index in [1.165, 1.54) is 0 Å². The lowest BCUT2D eigenvalue weighted by Crippen LogP contribution is -2.00. The van der Waals surface area contributed by atoms with Crippen LogP contribution in [0.15, 0.2) is 180 Å². The van der Waals surface area contributed by atoms with E-state index in [-0.39, 0.29) is 50.5 Å². The summed E-state index contributed by atoms with van der Waals surface area (Å²) in [6, 6.07) is 28.4. The van der Waals surface area contributed by atoms with Crippen LogP contribution in [0.3, 0.4) is 0 Å². The van der Waals surface area contributed by atoms with Gasteiger partial charge in [0.15, 0.2) is 17.5 Å². The molecular weight excluding hydrogens is 599 g/mol. The van der Waals surface area contributed by atoms with Gasteiger partial charge in [-0.1, -0.05) is 158 Å². The number of para-hydroxylation sites is 1. The first-order valence-corrected chi connectivity index (χ1v) is 15.5.